The van der Waals surface area contributed by atoms with Crippen LogP contribution in [-0.4, -0.2) is 18.4 Å². The third-order valence-electron chi connectivity index (χ3n) is 3.08. The largest absolute Gasteiger partial charge is 0.484 e. The molecule has 4 N–H and O–H groups in total. The number of anilines is 1. The van der Waals surface area contributed by atoms with E-state index in [2.05, 4.69) is 5.32 Å². The number of hydrogen-bond donors (Lipinski definition) is 3. The van der Waals surface area contributed by atoms with Crippen molar-refractivity contribution in [3.8, 4) is 5.75 Å². The molecule has 0 atom stereocenters. The number of carbonyl (C=O) groups is 2. The van der Waals surface area contributed by atoms with Crippen LogP contribution in [-0.2, 0) is 4.79 Å². The zero-order valence-corrected chi connectivity index (χ0v) is 13.2. The van der Waals surface area contributed by atoms with E-state index in [0.29, 0.717) is 16.5 Å². The minimum absolute atomic E-state index is 0.195. The summed E-state index contributed by atoms with van der Waals surface area (Å²) >= 11 is 5.93. The summed E-state index contributed by atoms with van der Waals surface area (Å²) in [6.07, 6.45) is 0. The Morgan fingerprint density at radius 3 is 2.65 bits per heavy atom. The molecule has 6 nitrogen and oxygen atoms in total. The van der Waals surface area contributed by atoms with Crippen LogP contribution in [0.15, 0.2) is 42.5 Å². The van der Waals surface area contributed by atoms with Gasteiger partial charge >= 0.3 is 0 Å². The normalized spacial score (nSPS) is 10.0. The lowest BCUT2D eigenvalue weighted by molar-refractivity contribution is -0.118. The third kappa shape index (κ3) is 4.45. The van der Waals surface area contributed by atoms with E-state index < -0.39 is 11.8 Å². The number of nitrogen functional groups attached to an aromatic ring is 1. The summed E-state index contributed by atoms with van der Waals surface area (Å²) in [5, 5.41) is 3.24. The molecule has 0 unspecified atom stereocenters. The number of aryl methyl sites for hydroxylation is 1. The van der Waals surface area contributed by atoms with Crippen molar-refractivity contribution in [3.63, 3.8) is 0 Å². The van der Waals surface area contributed by atoms with E-state index in [9.17, 15) is 9.59 Å². The Morgan fingerprint density at radius 2 is 1.96 bits per heavy atom. The van der Waals surface area contributed by atoms with Gasteiger partial charge in [0.25, 0.3) is 11.8 Å². The number of nitrogens with two attached hydrogens (primary N) is 1. The molecule has 0 heterocycles. The average Bonchev–Trinajstić information content (AvgIpc) is 2.55. The van der Waals surface area contributed by atoms with Gasteiger partial charge in [-0.3, -0.25) is 15.0 Å². The molecule has 0 radical (unpaired) electrons. The predicted molar refractivity (Wildman–Crippen MR) is 88.4 cm³/mol. The standard InChI is InChI=1S/C16H16ClN3O3/c1-10-8-11(6-7-13(10)17)23-9-15(21)19-14-5-3-2-4-12(14)16(22)20-18/h2-8H,9,18H2,1H3,(H,19,21)(H,20,22). The fraction of sp³-hybridized carbons (Fsp3) is 0.125. The number of benzene rings is 2. The van der Waals surface area contributed by atoms with Crippen molar-refractivity contribution in [2.75, 3.05) is 11.9 Å². The van der Waals surface area contributed by atoms with Crippen LogP contribution in [0.2, 0.25) is 5.02 Å². The maximum atomic E-state index is 12.0. The van der Waals surface area contributed by atoms with E-state index >= 15 is 0 Å². The summed E-state index contributed by atoms with van der Waals surface area (Å²) in [4.78, 5) is 23.6. The first-order valence-corrected chi connectivity index (χ1v) is 7.18. The molecule has 120 valence electrons. The van der Waals surface area contributed by atoms with Crippen molar-refractivity contribution >= 4 is 29.1 Å². The highest BCUT2D eigenvalue weighted by Gasteiger charge is 2.12. The number of nitrogens with one attached hydrogen (secondary N) is 2. The van der Waals surface area contributed by atoms with Gasteiger partial charge < -0.3 is 10.1 Å². The molecule has 0 spiro atoms. The number of carbonyl (C=O) groups excluding carboxylic acids is 2. The molecule has 0 aromatic heterocycles. The van der Waals surface area contributed by atoms with Gasteiger partial charge in [-0.15, -0.1) is 0 Å². The third-order valence-corrected chi connectivity index (χ3v) is 3.50. The van der Waals surface area contributed by atoms with Gasteiger partial charge in [0.2, 0.25) is 0 Å². The average molecular weight is 334 g/mol. The second kappa shape index (κ2) is 7.62. The van der Waals surface area contributed by atoms with Crippen molar-refractivity contribution in [1.29, 1.82) is 0 Å². The Bertz CT molecular complexity index is 734. The number of hydrogen-bond acceptors (Lipinski definition) is 4. The van der Waals surface area contributed by atoms with Crippen LogP contribution in [0.3, 0.4) is 0 Å². The summed E-state index contributed by atoms with van der Waals surface area (Å²) in [5.41, 5.74) is 3.51. The Labute approximate surface area is 138 Å². The molecular formula is C16H16ClN3O3. The minimum Gasteiger partial charge on any atom is -0.484 e. The molecule has 0 saturated heterocycles. The number of hydrazine groups is 1. The van der Waals surface area contributed by atoms with E-state index in [1.165, 1.54) is 0 Å². The zero-order valence-electron chi connectivity index (χ0n) is 12.4. The predicted octanol–water partition coefficient (Wildman–Crippen LogP) is 2.27. The number of amides is 2. The molecule has 2 rings (SSSR count). The Hall–Kier alpha value is -2.57. The second-order valence-electron chi connectivity index (χ2n) is 4.77. The van der Waals surface area contributed by atoms with Gasteiger partial charge in [-0.05, 0) is 42.8 Å². The lowest BCUT2D eigenvalue weighted by atomic mass is 10.1. The molecule has 0 aliphatic carbocycles. The fourth-order valence-corrected chi connectivity index (χ4v) is 2.03. The Morgan fingerprint density at radius 1 is 1.22 bits per heavy atom. The van der Waals surface area contributed by atoms with Gasteiger partial charge in [-0.2, -0.15) is 0 Å². The number of ether oxygens (including phenoxy) is 1. The van der Waals surface area contributed by atoms with E-state index in [-0.39, 0.29) is 12.2 Å². The summed E-state index contributed by atoms with van der Waals surface area (Å²) in [6.45, 7) is 1.65. The van der Waals surface area contributed by atoms with Crippen molar-refractivity contribution in [2.45, 2.75) is 6.92 Å². The lowest BCUT2D eigenvalue weighted by Gasteiger charge is -2.11. The van der Waals surface area contributed by atoms with E-state index in [0.717, 1.165) is 5.56 Å². The van der Waals surface area contributed by atoms with Crippen molar-refractivity contribution in [2.24, 2.45) is 5.84 Å². The highest BCUT2D eigenvalue weighted by Crippen LogP contribution is 2.21. The maximum Gasteiger partial charge on any atom is 0.267 e. The quantitative estimate of drug-likeness (QED) is 0.444. The van der Waals surface area contributed by atoms with Crippen LogP contribution >= 0.6 is 11.6 Å². The van der Waals surface area contributed by atoms with Crippen LogP contribution in [0.4, 0.5) is 5.69 Å². The van der Waals surface area contributed by atoms with E-state index in [1.807, 2.05) is 12.3 Å². The molecule has 0 fully saturated rings. The van der Waals surface area contributed by atoms with Gasteiger partial charge in [0.15, 0.2) is 6.61 Å². The molecule has 23 heavy (non-hydrogen) atoms. The molecule has 7 heteroatoms. The van der Waals surface area contributed by atoms with Crippen molar-refractivity contribution < 1.29 is 14.3 Å². The number of halogens is 1. The van der Waals surface area contributed by atoms with Crippen molar-refractivity contribution in [3.05, 3.63) is 58.6 Å². The molecule has 2 aromatic carbocycles. The van der Waals surface area contributed by atoms with Gasteiger partial charge in [0.1, 0.15) is 5.75 Å². The molecule has 0 aliphatic rings. The zero-order chi connectivity index (χ0) is 16.8. The minimum atomic E-state index is -0.491. The van der Waals surface area contributed by atoms with Crippen molar-refractivity contribution in [1.82, 2.24) is 5.43 Å². The molecular weight excluding hydrogens is 318 g/mol. The first-order valence-electron chi connectivity index (χ1n) is 6.80. The first kappa shape index (κ1) is 16.8. The summed E-state index contributed by atoms with van der Waals surface area (Å²) in [5.74, 6) is 4.77. The fourth-order valence-electron chi connectivity index (χ4n) is 1.91. The number of rotatable bonds is 5. The molecule has 0 aliphatic heterocycles. The highest BCUT2D eigenvalue weighted by molar-refractivity contribution is 6.31. The summed E-state index contributed by atoms with van der Waals surface area (Å²) in [6, 6.07) is 11.7. The van der Waals surface area contributed by atoms with E-state index in [1.54, 1.807) is 42.5 Å². The van der Waals surface area contributed by atoms with Crippen LogP contribution < -0.4 is 21.3 Å². The lowest BCUT2D eigenvalue weighted by Crippen LogP contribution is -2.31. The highest BCUT2D eigenvalue weighted by atomic mass is 35.5. The molecule has 0 saturated carbocycles. The Balaban J connectivity index is 2.00. The summed E-state index contributed by atoms with van der Waals surface area (Å²) < 4.78 is 5.41. The van der Waals surface area contributed by atoms with Crippen LogP contribution in [0.1, 0.15) is 15.9 Å². The van der Waals surface area contributed by atoms with Gasteiger partial charge in [0.05, 0.1) is 11.3 Å². The molecule has 2 aromatic rings. The first-order chi connectivity index (χ1) is 11.0. The smallest absolute Gasteiger partial charge is 0.267 e. The SMILES string of the molecule is Cc1cc(OCC(=O)Nc2ccccc2C(=O)NN)ccc1Cl. The van der Waals surface area contributed by atoms with Gasteiger partial charge in [0, 0.05) is 5.02 Å². The monoisotopic (exact) mass is 333 g/mol. The van der Waals surface area contributed by atoms with Gasteiger partial charge in [-0.1, -0.05) is 23.7 Å². The topological polar surface area (TPSA) is 93.4 Å². The van der Waals surface area contributed by atoms with E-state index in [4.69, 9.17) is 22.2 Å². The summed E-state index contributed by atoms with van der Waals surface area (Å²) in [7, 11) is 0. The number of para-hydroxylation sites is 1. The van der Waals surface area contributed by atoms with Crippen LogP contribution in [0.5, 0.6) is 5.75 Å². The molecule has 2 amide bonds. The Kier molecular flexibility index (Phi) is 5.56. The maximum absolute atomic E-state index is 12.0. The van der Waals surface area contributed by atoms with Crippen LogP contribution in [0.25, 0.3) is 0 Å². The van der Waals surface area contributed by atoms with Crippen LogP contribution in [0, 0.1) is 6.92 Å². The van der Waals surface area contributed by atoms with Gasteiger partial charge in [-0.25, -0.2) is 5.84 Å². The second-order valence-corrected chi connectivity index (χ2v) is 5.17. The molecule has 0 bridgehead atoms.